The van der Waals surface area contributed by atoms with Crippen LogP contribution in [0.4, 0.5) is 11.4 Å². The molecule has 1 aromatic rings. The molecule has 1 aliphatic rings. The largest absolute Gasteiger partial charge is 0.325 e. The van der Waals surface area contributed by atoms with Crippen LogP contribution in [0.15, 0.2) is 18.2 Å². The number of sulfonamides is 1. The van der Waals surface area contributed by atoms with Crippen LogP contribution in [0.3, 0.4) is 0 Å². The maximum Gasteiger partial charge on any atom is 0.241 e. The minimum Gasteiger partial charge on any atom is -0.325 e. The van der Waals surface area contributed by atoms with Crippen molar-refractivity contribution in [3.63, 3.8) is 0 Å². The average molecular weight is 353 g/mol. The number of carbonyl (C=O) groups excluding carboxylic acids is 1. The molecule has 0 aromatic heterocycles. The Bertz CT molecular complexity index is 680. The molecule has 0 radical (unpaired) electrons. The maximum atomic E-state index is 12.5. The summed E-state index contributed by atoms with van der Waals surface area (Å²) in [7, 11) is -3.35. The van der Waals surface area contributed by atoms with Gasteiger partial charge in [-0.25, -0.2) is 8.42 Å². The summed E-state index contributed by atoms with van der Waals surface area (Å²) in [5.41, 5.74) is 1.88. The van der Waals surface area contributed by atoms with Crippen molar-refractivity contribution in [2.75, 3.05) is 29.4 Å². The molecule has 0 aliphatic carbocycles. The van der Waals surface area contributed by atoms with Crippen molar-refractivity contribution in [2.45, 2.75) is 45.6 Å². The molecular formula is C17H27N3O3S. The highest BCUT2D eigenvalue weighted by molar-refractivity contribution is 7.92. The van der Waals surface area contributed by atoms with Gasteiger partial charge in [0.15, 0.2) is 0 Å². The molecule has 2 N–H and O–H groups in total. The second-order valence-corrected chi connectivity index (χ2v) is 8.27. The van der Waals surface area contributed by atoms with E-state index in [0.29, 0.717) is 11.4 Å². The van der Waals surface area contributed by atoms with E-state index in [0.717, 1.165) is 37.8 Å². The quantitative estimate of drug-likeness (QED) is 0.853. The number of nitrogens with zero attached hydrogens (tertiary/aromatic N) is 1. The van der Waals surface area contributed by atoms with Crippen LogP contribution in [0, 0.1) is 6.92 Å². The van der Waals surface area contributed by atoms with Crippen molar-refractivity contribution in [3.8, 4) is 0 Å². The topological polar surface area (TPSA) is 78.5 Å². The summed E-state index contributed by atoms with van der Waals surface area (Å²) < 4.78 is 25.3. The van der Waals surface area contributed by atoms with Crippen LogP contribution in [0.5, 0.6) is 0 Å². The van der Waals surface area contributed by atoms with Crippen LogP contribution in [-0.2, 0) is 14.8 Å². The van der Waals surface area contributed by atoms with Crippen LogP contribution < -0.4 is 10.0 Å². The van der Waals surface area contributed by atoms with Gasteiger partial charge in [-0.05, 0) is 57.5 Å². The molecule has 7 heteroatoms. The highest BCUT2D eigenvalue weighted by Crippen LogP contribution is 2.22. The standard InChI is InChI=1S/C17H27N3O3S/c1-13-8-9-15(12-16(13)19-24(3,22)23)18-17(21)14(2)20-10-6-4-5-7-11-20/h8-9,12,14,19H,4-7,10-11H2,1-3H3,(H,18,21). The Morgan fingerprint density at radius 3 is 2.38 bits per heavy atom. The zero-order chi connectivity index (χ0) is 17.7. The van der Waals surface area contributed by atoms with Crippen molar-refractivity contribution >= 4 is 27.3 Å². The molecule has 1 saturated heterocycles. The lowest BCUT2D eigenvalue weighted by Gasteiger charge is -2.26. The summed E-state index contributed by atoms with van der Waals surface area (Å²) in [5.74, 6) is -0.0638. The molecule has 0 bridgehead atoms. The van der Waals surface area contributed by atoms with Crippen molar-refractivity contribution in [1.29, 1.82) is 0 Å². The predicted octanol–water partition coefficient (Wildman–Crippen LogP) is 2.57. The van der Waals surface area contributed by atoms with Gasteiger partial charge in [-0.2, -0.15) is 0 Å². The van der Waals surface area contributed by atoms with Crippen LogP contribution >= 0.6 is 0 Å². The minimum atomic E-state index is -3.35. The Kier molecular flexibility index (Phi) is 6.23. The molecule has 1 aliphatic heterocycles. The van der Waals surface area contributed by atoms with E-state index in [1.54, 1.807) is 18.2 Å². The van der Waals surface area contributed by atoms with Crippen molar-refractivity contribution in [3.05, 3.63) is 23.8 Å². The second kappa shape index (κ2) is 7.98. The smallest absolute Gasteiger partial charge is 0.241 e. The van der Waals surface area contributed by atoms with Gasteiger partial charge < -0.3 is 5.32 Å². The first-order chi connectivity index (χ1) is 11.3. The van der Waals surface area contributed by atoms with E-state index in [4.69, 9.17) is 0 Å². The number of carbonyl (C=O) groups is 1. The summed E-state index contributed by atoms with van der Waals surface area (Å²) in [4.78, 5) is 14.7. The Labute approximate surface area is 144 Å². The van der Waals surface area contributed by atoms with Crippen LogP contribution in [-0.4, -0.2) is 44.6 Å². The van der Waals surface area contributed by atoms with Crippen LogP contribution in [0.25, 0.3) is 0 Å². The van der Waals surface area contributed by atoms with E-state index >= 15 is 0 Å². The molecule has 1 amide bonds. The molecule has 134 valence electrons. The average Bonchev–Trinajstić information content (AvgIpc) is 2.77. The summed E-state index contributed by atoms with van der Waals surface area (Å²) in [6, 6.07) is 5.04. The first kappa shape index (κ1) is 18.7. The molecular weight excluding hydrogens is 326 g/mol. The van der Waals surface area contributed by atoms with E-state index < -0.39 is 10.0 Å². The molecule has 1 atom stereocenters. The molecule has 1 fully saturated rings. The number of amides is 1. The van der Waals surface area contributed by atoms with E-state index in [1.165, 1.54) is 12.8 Å². The van der Waals surface area contributed by atoms with Crippen molar-refractivity contribution < 1.29 is 13.2 Å². The third-order valence-electron chi connectivity index (χ3n) is 4.37. The van der Waals surface area contributed by atoms with Gasteiger partial charge in [0, 0.05) is 5.69 Å². The normalized spacial score (nSPS) is 17.8. The van der Waals surface area contributed by atoms with Gasteiger partial charge in [-0.3, -0.25) is 14.4 Å². The highest BCUT2D eigenvalue weighted by Gasteiger charge is 2.22. The predicted molar refractivity (Wildman–Crippen MR) is 97.8 cm³/mol. The fourth-order valence-electron chi connectivity index (χ4n) is 2.90. The fourth-order valence-corrected chi connectivity index (χ4v) is 3.52. The number of hydrogen-bond donors (Lipinski definition) is 2. The number of rotatable bonds is 5. The summed E-state index contributed by atoms with van der Waals surface area (Å²) in [6.45, 7) is 5.64. The van der Waals surface area contributed by atoms with Gasteiger partial charge in [0.2, 0.25) is 15.9 Å². The number of nitrogens with one attached hydrogen (secondary N) is 2. The third kappa shape index (κ3) is 5.49. The Balaban J connectivity index is 2.06. The zero-order valence-corrected chi connectivity index (χ0v) is 15.4. The summed E-state index contributed by atoms with van der Waals surface area (Å²) in [5, 5.41) is 2.90. The first-order valence-electron chi connectivity index (χ1n) is 8.39. The number of anilines is 2. The Morgan fingerprint density at radius 2 is 1.79 bits per heavy atom. The molecule has 0 saturated carbocycles. The summed E-state index contributed by atoms with van der Waals surface area (Å²) in [6.07, 6.45) is 5.82. The molecule has 1 unspecified atom stereocenters. The van der Waals surface area contributed by atoms with Crippen molar-refractivity contribution in [2.24, 2.45) is 0 Å². The maximum absolute atomic E-state index is 12.5. The molecule has 24 heavy (non-hydrogen) atoms. The Morgan fingerprint density at radius 1 is 1.17 bits per heavy atom. The molecule has 1 aromatic carbocycles. The van der Waals surface area contributed by atoms with Gasteiger partial charge >= 0.3 is 0 Å². The lowest BCUT2D eigenvalue weighted by Crippen LogP contribution is -2.42. The monoisotopic (exact) mass is 353 g/mol. The first-order valence-corrected chi connectivity index (χ1v) is 10.3. The van der Waals surface area contributed by atoms with Crippen LogP contribution in [0.2, 0.25) is 0 Å². The molecule has 1 heterocycles. The number of likely N-dealkylation sites (tertiary alicyclic amines) is 1. The van der Waals surface area contributed by atoms with Gasteiger partial charge in [0.1, 0.15) is 0 Å². The fraction of sp³-hybridized carbons (Fsp3) is 0.588. The van der Waals surface area contributed by atoms with Gasteiger partial charge in [0.05, 0.1) is 18.0 Å². The molecule has 2 rings (SSSR count). The van der Waals surface area contributed by atoms with E-state index in [9.17, 15) is 13.2 Å². The second-order valence-electron chi connectivity index (χ2n) is 6.52. The zero-order valence-electron chi connectivity index (χ0n) is 14.6. The highest BCUT2D eigenvalue weighted by atomic mass is 32.2. The summed E-state index contributed by atoms with van der Waals surface area (Å²) >= 11 is 0. The number of aryl methyl sites for hydroxylation is 1. The molecule has 6 nitrogen and oxygen atoms in total. The lowest BCUT2D eigenvalue weighted by molar-refractivity contribution is -0.120. The lowest BCUT2D eigenvalue weighted by atomic mass is 10.1. The van der Waals surface area contributed by atoms with E-state index in [1.807, 2.05) is 13.8 Å². The minimum absolute atomic E-state index is 0.0638. The SMILES string of the molecule is Cc1ccc(NC(=O)C(C)N2CCCCCC2)cc1NS(C)(=O)=O. The number of hydrogen-bond acceptors (Lipinski definition) is 4. The van der Waals surface area contributed by atoms with Gasteiger partial charge in [-0.1, -0.05) is 18.9 Å². The van der Waals surface area contributed by atoms with Crippen molar-refractivity contribution in [1.82, 2.24) is 4.90 Å². The number of benzene rings is 1. The third-order valence-corrected chi connectivity index (χ3v) is 4.96. The van der Waals surface area contributed by atoms with Gasteiger partial charge in [-0.15, -0.1) is 0 Å². The van der Waals surface area contributed by atoms with Gasteiger partial charge in [0.25, 0.3) is 0 Å². The van der Waals surface area contributed by atoms with E-state index in [-0.39, 0.29) is 11.9 Å². The van der Waals surface area contributed by atoms with Crippen LogP contribution in [0.1, 0.15) is 38.2 Å². The Hall–Kier alpha value is -1.60. The molecule has 0 spiro atoms. The van der Waals surface area contributed by atoms with E-state index in [2.05, 4.69) is 14.9 Å².